The van der Waals surface area contributed by atoms with E-state index < -0.39 is 89.6 Å². The number of hydrogen-bond donors (Lipinski definition) is 6. The minimum Gasteiger partial charge on any atom is -0.505 e. The number of fused-ring (bicyclic) bond motifs is 1. The molecule has 0 bridgehead atoms. The van der Waals surface area contributed by atoms with Crippen LogP contribution in [0.1, 0.15) is 18.9 Å². The molecule has 0 saturated heterocycles. The Bertz CT molecular complexity index is 3740. The summed E-state index contributed by atoms with van der Waals surface area (Å²) in [5, 5.41) is 59.7. The molecule has 0 unspecified atom stereocenters. The largest absolute Gasteiger partial charge is 0.505 e. The van der Waals surface area contributed by atoms with Crippen LogP contribution in [0.15, 0.2) is 135 Å². The molecule has 366 valence electrons. The predicted octanol–water partition coefficient (Wildman–Crippen LogP) is 9.02. The van der Waals surface area contributed by atoms with E-state index in [9.17, 15) is 62.1 Å². The first-order valence-electron chi connectivity index (χ1n) is 19.6. The fourth-order valence-corrected chi connectivity index (χ4v) is 10.5. The van der Waals surface area contributed by atoms with Crippen LogP contribution in [0.4, 0.5) is 33.6 Å². The zero-order chi connectivity index (χ0) is 50.8. The predicted molar refractivity (Wildman–Crippen MR) is 252 cm³/mol. The van der Waals surface area contributed by atoms with E-state index in [1.165, 1.54) is 59.5 Å². The van der Waals surface area contributed by atoms with Gasteiger partial charge in [0.15, 0.2) is 15.8 Å². The zero-order valence-corrected chi connectivity index (χ0v) is 40.6. The summed E-state index contributed by atoms with van der Waals surface area (Å²) in [7, 11) is -19.8. The van der Waals surface area contributed by atoms with Gasteiger partial charge in [-0.2, -0.15) is 43.5 Å². The molecule has 6 N–H and O–H groups in total. The quantitative estimate of drug-likeness (QED) is 0.0202. The zero-order valence-electron chi connectivity index (χ0n) is 35.7. The Balaban J connectivity index is 1.27. The van der Waals surface area contributed by atoms with Gasteiger partial charge in [0.2, 0.25) is 5.88 Å². The Morgan fingerprint density at radius 3 is 2.04 bits per heavy atom. The third-order valence-corrected chi connectivity index (χ3v) is 14.8. The average molecular weight is 1080 g/mol. The molecule has 0 radical (unpaired) electrons. The lowest BCUT2D eigenvalue weighted by Crippen LogP contribution is -2.09. The fourth-order valence-electron chi connectivity index (χ4n) is 6.38. The van der Waals surface area contributed by atoms with Crippen LogP contribution in [0, 0.1) is 6.92 Å². The van der Waals surface area contributed by atoms with E-state index in [1.807, 2.05) is 6.92 Å². The summed E-state index contributed by atoms with van der Waals surface area (Å²) in [5.41, 5.74) is -0.939. The Morgan fingerprint density at radius 2 is 1.37 bits per heavy atom. The van der Waals surface area contributed by atoms with Gasteiger partial charge in [-0.25, -0.2) is 0 Å². The van der Waals surface area contributed by atoms with Crippen molar-refractivity contribution in [2.24, 2.45) is 30.7 Å². The van der Waals surface area contributed by atoms with Crippen LogP contribution in [-0.2, 0) is 40.5 Å². The molecule has 5 aromatic carbocycles. The highest BCUT2D eigenvalue weighted by atomic mass is 32.2. The highest BCUT2D eigenvalue weighted by Gasteiger charge is 2.28. The second-order valence-corrected chi connectivity index (χ2v) is 22.5. The summed E-state index contributed by atoms with van der Waals surface area (Å²) < 4.78 is 143. The van der Waals surface area contributed by atoms with Gasteiger partial charge in [-0.05, 0) is 67.1 Å². The first-order chi connectivity index (χ1) is 32.9. The van der Waals surface area contributed by atoms with E-state index in [1.54, 1.807) is 25.1 Å². The van der Waals surface area contributed by atoms with Crippen LogP contribution in [0.5, 0.6) is 17.4 Å². The molecule has 0 fully saturated rings. The van der Waals surface area contributed by atoms with Crippen LogP contribution in [-0.4, -0.2) is 100 Å². The number of benzene rings is 5. The molecular formula is C39H34N10O15S6. The lowest BCUT2D eigenvalue weighted by atomic mass is 10.1. The summed E-state index contributed by atoms with van der Waals surface area (Å²) in [6, 6.07) is 17.3. The van der Waals surface area contributed by atoms with Gasteiger partial charge in [-0.3, -0.25) is 18.2 Å². The monoisotopic (exact) mass is 1070 g/mol. The second-order valence-electron chi connectivity index (χ2n) is 14.3. The van der Waals surface area contributed by atoms with Crippen molar-refractivity contribution in [1.82, 2.24) is 20.0 Å². The minimum absolute atomic E-state index is 0.0444. The SMILES string of the molecule is CCSc1nnc(N=Nc2cc(OCCCS(=O)(=O)O)c(N=Nc3ccc4c(S(=O)(=O)O)c(N=Nc5c(-c6ccccc6)nn(-c6ccc(S(=O)(=O)O)cc6S(=O)(=O)O)c5O)ccc4c3O)cc2C)s1. The van der Waals surface area contributed by atoms with Gasteiger partial charge in [0.25, 0.3) is 45.6 Å². The standard InChI is InChI=1S/C39H34N10O15S6/c1-3-65-39-47-46-38(66-39)45-42-28-20-31(64-16-7-17-67(52,53)54)29(18-21(28)2)43-40-26-13-12-25-24(35(26)50)11-14-27(36(25)70(61,62)63)41-44-34-33(22-8-5-4-6-9-22)48-49(37(34)51)30-15-10-23(68(55,56)57)19-32(30)69(58,59)60/h4-6,8-15,18-20,50-51H,3,7,16-17H2,1-2H3,(H,52,53,54)(H,55,56,57)(H,58,59,60)(H,61,62,63). The first-order valence-corrected chi connectivity index (χ1v) is 27.3. The molecule has 0 spiro atoms. The highest BCUT2D eigenvalue weighted by molar-refractivity contribution is 8.01. The van der Waals surface area contributed by atoms with Crippen LogP contribution in [0.2, 0.25) is 0 Å². The first kappa shape index (κ1) is 51.2. The maximum atomic E-state index is 13.0. The number of aromatic nitrogens is 4. The van der Waals surface area contributed by atoms with E-state index >= 15 is 0 Å². The lowest BCUT2D eigenvalue weighted by Gasteiger charge is -2.11. The highest BCUT2D eigenvalue weighted by Crippen LogP contribution is 2.45. The molecule has 0 atom stereocenters. The minimum atomic E-state index is -5.27. The molecule has 0 aliphatic rings. The van der Waals surface area contributed by atoms with Gasteiger partial charge >= 0.3 is 0 Å². The number of ether oxygens (including phenoxy) is 1. The Morgan fingerprint density at radius 1 is 0.700 bits per heavy atom. The molecule has 70 heavy (non-hydrogen) atoms. The average Bonchev–Trinajstić information content (AvgIpc) is 3.88. The van der Waals surface area contributed by atoms with Crippen molar-refractivity contribution in [1.29, 1.82) is 0 Å². The number of aromatic hydroxyl groups is 2. The third kappa shape index (κ3) is 11.8. The molecule has 0 aliphatic carbocycles. The number of thioether (sulfide) groups is 1. The van der Waals surface area contributed by atoms with E-state index in [-0.39, 0.29) is 57.3 Å². The molecule has 7 rings (SSSR count). The molecule has 7 aromatic rings. The fraction of sp³-hybridized carbons (Fsp3) is 0.154. The number of rotatable bonds is 18. The maximum Gasteiger partial charge on any atom is 0.297 e. The van der Waals surface area contributed by atoms with Gasteiger partial charge in [0, 0.05) is 22.4 Å². The molecular weight excluding hydrogens is 1040 g/mol. The number of hydrogen-bond acceptors (Lipinski definition) is 22. The molecule has 31 heteroatoms. The number of nitrogens with zero attached hydrogens (tertiary/aromatic N) is 10. The Hall–Kier alpha value is -6.68. The number of azo groups is 3. The molecule has 2 aromatic heterocycles. The smallest absolute Gasteiger partial charge is 0.297 e. The van der Waals surface area contributed by atoms with Crippen molar-refractivity contribution in [3.05, 3.63) is 90.5 Å². The van der Waals surface area contributed by atoms with Crippen molar-refractivity contribution < 1.29 is 66.8 Å². The molecule has 0 amide bonds. The van der Waals surface area contributed by atoms with Crippen LogP contribution >= 0.6 is 23.1 Å². The summed E-state index contributed by atoms with van der Waals surface area (Å²) in [5.74, 6) is -1.36. The molecule has 0 aliphatic heterocycles. The van der Waals surface area contributed by atoms with Crippen molar-refractivity contribution in [3.63, 3.8) is 0 Å². The van der Waals surface area contributed by atoms with Crippen LogP contribution in [0.25, 0.3) is 27.7 Å². The summed E-state index contributed by atoms with van der Waals surface area (Å²) in [6.07, 6.45) is -0.112. The normalized spacial score (nSPS) is 12.8. The van der Waals surface area contributed by atoms with E-state index in [0.29, 0.717) is 26.3 Å². The molecule has 2 heterocycles. The van der Waals surface area contributed by atoms with Crippen molar-refractivity contribution in [2.75, 3.05) is 18.1 Å². The second kappa shape index (κ2) is 20.3. The number of phenolic OH excluding ortho intramolecular Hbond substituents is 1. The van der Waals surface area contributed by atoms with Gasteiger partial charge < -0.3 is 14.9 Å². The number of phenols is 1. The third-order valence-electron chi connectivity index (χ3n) is 9.47. The van der Waals surface area contributed by atoms with Crippen molar-refractivity contribution in [2.45, 2.75) is 39.3 Å². The van der Waals surface area contributed by atoms with Gasteiger partial charge in [-0.1, -0.05) is 66.4 Å². The molecule has 0 saturated carbocycles. The van der Waals surface area contributed by atoms with Crippen molar-refractivity contribution >= 4 is 108 Å². The van der Waals surface area contributed by atoms with Crippen molar-refractivity contribution in [3.8, 4) is 34.3 Å². The molecule has 25 nitrogen and oxygen atoms in total. The van der Waals surface area contributed by atoms with Gasteiger partial charge in [-0.15, -0.1) is 40.9 Å². The maximum absolute atomic E-state index is 13.0. The van der Waals surface area contributed by atoms with Gasteiger partial charge in [0.1, 0.15) is 38.3 Å². The Kier molecular flexibility index (Phi) is 14.9. The number of aryl methyl sites for hydroxylation is 1. The van der Waals surface area contributed by atoms with E-state index in [0.717, 1.165) is 30.0 Å². The summed E-state index contributed by atoms with van der Waals surface area (Å²) in [6.45, 7) is 3.43. The van der Waals surface area contributed by atoms with Crippen LogP contribution < -0.4 is 4.74 Å². The topological polar surface area (TPSA) is 385 Å². The summed E-state index contributed by atoms with van der Waals surface area (Å²) in [4.78, 5) is -2.90. The summed E-state index contributed by atoms with van der Waals surface area (Å²) >= 11 is 2.70. The van der Waals surface area contributed by atoms with E-state index in [4.69, 9.17) is 4.74 Å². The lowest BCUT2D eigenvalue weighted by molar-refractivity contribution is 0.317. The van der Waals surface area contributed by atoms with Crippen LogP contribution in [0.3, 0.4) is 0 Å². The van der Waals surface area contributed by atoms with Gasteiger partial charge in [0.05, 0.1) is 28.6 Å². The van der Waals surface area contributed by atoms with E-state index in [2.05, 4.69) is 46.0 Å². The Labute approximate surface area is 405 Å².